The molecule has 0 aliphatic carbocycles. The van der Waals surface area contributed by atoms with Gasteiger partial charge in [-0.1, -0.05) is 234 Å². The van der Waals surface area contributed by atoms with Crippen molar-refractivity contribution in [1.29, 1.82) is 0 Å². The molecular weight excluding hydrogens is 939 g/mol. The molecular formula is C66H42B2N2S3. The van der Waals surface area contributed by atoms with Gasteiger partial charge in [-0.2, -0.15) is 0 Å². The predicted molar refractivity (Wildman–Crippen MR) is 313 cm³/mol. The lowest BCUT2D eigenvalue weighted by Gasteiger charge is -2.42. The van der Waals surface area contributed by atoms with E-state index in [-0.39, 0.29) is 13.4 Å². The van der Waals surface area contributed by atoms with Crippen molar-refractivity contribution in [1.82, 2.24) is 0 Å². The average molecular weight is 981 g/mol. The van der Waals surface area contributed by atoms with E-state index in [0.29, 0.717) is 0 Å². The monoisotopic (exact) mass is 980 g/mol. The minimum Gasteiger partial charge on any atom is -0.311 e. The zero-order chi connectivity index (χ0) is 48.0. The van der Waals surface area contributed by atoms with Crippen LogP contribution in [0.5, 0.6) is 0 Å². The molecule has 340 valence electrons. The highest BCUT2D eigenvalue weighted by Gasteiger charge is 2.45. The van der Waals surface area contributed by atoms with Crippen molar-refractivity contribution in [2.45, 2.75) is 29.4 Å². The van der Waals surface area contributed by atoms with Gasteiger partial charge in [0.1, 0.15) is 0 Å². The number of rotatable bonds is 7. The van der Waals surface area contributed by atoms with Gasteiger partial charge >= 0.3 is 0 Å². The van der Waals surface area contributed by atoms with E-state index in [1.165, 1.54) is 107 Å². The zero-order valence-electron chi connectivity index (χ0n) is 39.5. The number of fused-ring (bicyclic) bond motifs is 8. The summed E-state index contributed by atoms with van der Waals surface area (Å²) < 4.78 is 0. The summed E-state index contributed by atoms with van der Waals surface area (Å²) in [6.07, 6.45) is 0. The van der Waals surface area contributed by atoms with E-state index in [1.54, 1.807) is 0 Å². The lowest BCUT2D eigenvalue weighted by molar-refractivity contribution is 1.23. The topological polar surface area (TPSA) is 6.48 Å². The standard InChI is InChI=1S/C66H42B2N2S3/c1-5-21-43(22-6-1)49-29-13-14-30-50(49)45-37-62-66-63(38-45)72-61-42-60-54(41-55(61)68(66)53-33-17-20-36-59(53)71-62)67-52-32-16-19-35-57(52)70(56-34-18-15-31-51(56)44-23-7-2-8-24-44)58-39-48(40-64(73-60)65(58)67)69(46-25-9-3-10-26-46)47-27-11-4-12-28-47/h1-42H. The van der Waals surface area contributed by atoms with Crippen LogP contribution in [0.1, 0.15) is 0 Å². The van der Waals surface area contributed by atoms with E-state index < -0.39 is 0 Å². The molecule has 0 saturated heterocycles. The van der Waals surface area contributed by atoms with E-state index in [9.17, 15) is 0 Å². The van der Waals surface area contributed by atoms with Crippen molar-refractivity contribution in [3.8, 4) is 33.4 Å². The summed E-state index contributed by atoms with van der Waals surface area (Å²) in [5.74, 6) is 0. The van der Waals surface area contributed by atoms with Crippen LogP contribution in [0.3, 0.4) is 0 Å². The number of hydrogen-bond donors (Lipinski definition) is 0. The molecule has 0 fully saturated rings. The van der Waals surface area contributed by atoms with Crippen LogP contribution in [0.25, 0.3) is 33.4 Å². The van der Waals surface area contributed by atoms with Gasteiger partial charge in [-0.3, -0.25) is 0 Å². The maximum absolute atomic E-state index is 2.63. The first-order valence-corrected chi connectivity index (χ1v) is 27.4. The molecule has 4 aliphatic heterocycles. The van der Waals surface area contributed by atoms with Crippen LogP contribution in [-0.4, -0.2) is 13.4 Å². The smallest absolute Gasteiger partial charge is 0.249 e. The third-order valence-electron chi connectivity index (χ3n) is 15.0. The summed E-state index contributed by atoms with van der Waals surface area (Å²) in [4.78, 5) is 12.9. The van der Waals surface area contributed by atoms with E-state index in [1.807, 2.05) is 35.3 Å². The quantitative estimate of drug-likeness (QED) is 0.146. The van der Waals surface area contributed by atoms with Crippen molar-refractivity contribution in [3.63, 3.8) is 0 Å². The third-order valence-corrected chi connectivity index (χ3v) is 18.4. The zero-order valence-corrected chi connectivity index (χ0v) is 42.0. The maximum Gasteiger partial charge on any atom is 0.249 e. The Morgan fingerprint density at radius 2 is 0.740 bits per heavy atom. The Hall–Kier alpha value is -7.80. The van der Waals surface area contributed by atoms with Gasteiger partial charge in [0, 0.05) is 63.4 Å². The van der Waals surface area contributed by atoms with E-state index in [4.69, 9.17) is 0 Å². The summed E-state index contributed by atoms with van der Waals surface area (Å²) >= 11 is 5.83. The van der Waals surface area contributed by atoms with Crippen molar-refractivity contribution < 1.29 is 0 Å². The first-order chi connectivity index (χ1) is 36.2. The largest absolute Gasteiger partial charge is 0.311 e. The molecule has 4 heterocycles. The molecule has 15 rings (SSSR count). The molecule has 11 aromatic carbocycles. The predicted octanol–water partition coefficient (Wildman–Crippen LogP) is 14.4. The van der Waals surface area contributed by atoms with Gasteiger partial charge in [-0.15, -0.1) is 0 Å². The summed E-state index contributed by atoms with van der Waals surface area (Å²) in [6.45, 7) is 0.115. The minimum atomic E-state index is 0.00905. The number of anilines is 6. The highest BCUT2D eigenvalue weighted by atomic mass is 32.2. The molecule has 0 bridgehead atoms. The maximum atomic E-state index is 2.63. The van der Waals surface area contributed by atoms with Gasteiger partial charge in [-0.05, 0) is 117 Å². The molecule has 0 spiro atoms. The molecule has 7 heteroatoms. The lowest BCUT2D eigenvalue weighted by Crippen LogP contribution is -2.63. The Morgan fingerprint density at radius 3 is 1.38 bits per heavy atom. The second-order valence-electron chi connectivity index (χ2n) is 19.1. The molecule has 0 unspecified atom stereocenters. The van der Waals surface area contributed by atoms with Gasteiger partial charge in [0.05, 0.1) is 5.69 Å². The molecule has 4 aliphatic rings. The number of para-hydroxylation sites is 4. The molecule has 0 amide bonds. The summed E-state index contributed by atoms with van der Waals surface area (Å²) in [6, 6.07) is 94.7. The van der Waals surface area contributed by atoms with Crippen molar-refractivity contribution in [2.24, 2.45) is 0 Å². The second-order valence-corrected chi connectivity index (χ2v) is 22.3. The number of benzene rings is 11. The summed E-state index contributed by atoms with van der Waals surface area (Å²) in [5, 5.41) is 0. The Balaban J connectivity index is 0.956. The van der Waals surface area contributed by atoms with Gasteiger partial charge < -0.3 is 9.80 Å². The molecule has 0 aromatic heterocycles. The van der Waals surface area contributed by atoms with Gasteiger partial charge in [0.2, 0.25) is 13.4 Å². The highest BCUT2D eigenvalue weighted by Crippen LogP contribution is 2.50. The van der Waals surface area contributed by atoms with E-state index in [2.05, 4.69) is 265 Å². The normalized spacial score (nSPS) is 13.2. The fraction of sp³-hybridized carbons (Fsp3) is 0. The number of hydrogen-bond acceptors (Lipinski definition) is 5. The van der Waals surface area contributed by atoms with Crippen LogP contribution in [-0.2, 0) is 0 Å². The van der Waals surface area contributed by atoms with Crippen molar-refractivity contribution >= 4 is 116 Å². The molecule has 73 heavy (non-hydrogen) atoms. The Kier molecular flexibility index (Phi) is 10.2. The van der Waals surface area contributed by atoms with Crippen LogP contribution in [0.4, 0.5) is 34.1 Å². The SMILES string of the molecule is c1ccc(-c2ccccc2-c2cc3c4c(c2)Sc2cc5c(cc2B4c2ccccc2S3)B2c3ccccc3N(c3ccccc3-c3ccccc3)c3cc(N(c4ccccc4)c4ccccc4)cc(c32)S5)cc1. The average Bonchev–Trinajstić information content (AvgIpc) is 3.46. The van der Waals surface area contributed by atoms with E-state index >= 15 is 0 Å². The molecule has 11 aromatic rings. The van der Waals surface area contributed by atoms with Gasteiger partial charge in [0.25, 0.3) is 0 Å². The fourth-order valence-corrected chi connectivity index (χ4v) is 15.7. The second kappa shape index (κ2) is 17.5. The van der Waals surface area contributed by atoms with Gasteiger partial charge in [-0.25, -0.2) is 0 Å². The number of nitrogens with zero attached hydrogens (tertiary/aromatic N) is 2. The van der Waals surface area contributed by atoms with Crippen LogP contribution < -0.4 is 42.6 Å². The first-order valence-electron chi connectivity index (χ1n) is 25.0. The highest BCUT2D eigenvalue weighted by molar-refractivity contribution is 8.01. The van der Waals surface area contributed by atoms with Crippen LogP contribution >= 0.6 is 35.3 Å². The first kappa shape index (κ1) is 42.8. The van der Waals surface area contributed by atoms with Crippen LogP contribution in [0, 0.1) is 0 Å². The molecule has 2 nitrogen and oxygen atoms in total. The van der Waals surface area contributed by atoms with Crippen LogP contribution in [0.2, 0.25) is 0 Å². The molecule has 0 saturated carbocycles. The molecule has 0 atom stereocenters. The van der Waals surface area contributed by atoms with E-state index in [0.717, 1.165) is 22.7 Å². The summed E-state index contributed by atoms with van der Waals surface area (Å²) in [5.41, 5.74) is 22.6. The summed E-state index contributed by atoms with van der Waals surface area (Å²) in [7, 11) is 0. The van der Waals surface area contributed by atoms with Crippen LogP contribution in [0.15, 0.2) is 284 Å². The Labute approximate surface area is 440 Å². The fourth-order valence-electron chi connectivity index (χ4n) is 11.9. The lowest BCUT2D eigenvalue weighted by atomic mass is 9.32. The Bertz CT molecular complexity index is 3940. The Morgan fingerprint density at radius 1 is 0.274 bits per heavy atom. The minimum absolute atomic E-state index is 0.00905. The van der Waals surface area contributed by atoms with Crippen molar-refractivity contribution in [2.75, 3.05) is 9.80 Å². The third kappa shape index (κ3) is 7.01. The van der Waals surface area contributed by atoms with Crippen molar-refractivity contribution in [3.05, 3.63) is 255 Å². The molecule has 0 radical (unpaired) electrons. The van der Waals surface area contributed by atoms with Gasteiger partial charge in [0.15, 0.2) is 0 Å². The molecule has 0 N–H and O–H groups in total.